The van der Waals surface area contributed by atoms with E-state index in [2.05, 4.69) is 36.1 Å². The molecule has 21 heavy (non-hydrogen) atoms. The summed E-state index contributed by atoms with van der Waals surface area (Å²) >= 11 is 0. The van der Waals surface area contributed by atoms with Gasteiger partial charge in [0.15, 0.2) is 0 Å². The number of hydrogen-bond acceptors (Lipinski definition) is 4. The van der Waals surface area contributed by atoms with Gasteiger partial charge >= 0.3 is 0 Å². The SMILES string of the molecule is CC1CN(C2CCCC(CO)(NC3CC3)C2)CC1N(C)C. The monoisotopic (exact) mass is 295 g/mol. The van der Waals surface area contributed by atoms with Crippen molar-refractivity contribution in [1.82, 2.24) is 15.1 Å². The second kappa shape index (κ2) is 6.15. The van der Waals surface area contributed by atoms with Gasteiger partial charge in [-0.1, -0.05) is 6.92 Å². The largest absolute Gasteiger partial charge is 0.394 e. The maximum absolute atomic E-state index is 9.98. The number of aliphatic hydroxyl groups excluding tert-OH is 1. The summed E-state index contributed by atoms with van der Waals surface area (Å²) in [4.78, 5) is 5.09. The molecule has 4 unspecified atom stereocenters. The Morgan fingerprint density at radius 3 is 2.57 bits per heavy atom. The topological polar surface area (TPSA) is 38.7 Å². The van der Waals surface area contributed by atoms with Crippen molar-refractivity contribution >= 4 is 0 Å². The summed E-state index contributed by atoms with van der Waals surface area (Å²) < 4.78 is 0. The van der Waals surface area contributed by atoms with Crippen molar-refractivity contribution in [3.8, 4) is 0 Å². The lowest BCUT2D eigenvalue weighted by Crippen LogP contribution is -2.56. The molecule has 0 bridgehead atoms. The van der Waals surface area contributed by atoms with Gasteiger partial charge in [0.25, 0.3) is 0 Å². The van der Waals surface area contributed by atoms with Crippen LogP contribution in [0.1, 0.15) is 45.4 Å². The molecular formula is C17H33N3O. The summed E-state index contributed by atoms with van der Waals surface area (Å²) in [7, 11) is 4.41. The van der Waals surface area contributed by atoms with Crippen LogP contribution >= 0.6 is 0 Å². The van der Waals surface area contributed by atoms with Gasteiger partial charge in [0, 0.05) is 36.8 Å². The lowest BCUT2D eigenvalue weighted by atomic mass is 9.78. The van der Waals surface area contributed by atoms with Gasteiger partial charge < -0.3 is 15.3 Å². The standard InChI is InChI=1S/C17H33N3O/c1-13-10-20(11-16(13)19(2)3)15-5-4-8-17(9-15,12-21)18-14-6-7-14/h13-16,18,21H,4-12H2,1-3H3. The van der Waals surface area contributed by atoms with Crippen molar-refractivity contribution in [2.45, 2.75) is 69.1 Å². The Labute approximate surface area is 129 Å². The summed E-state index contributed by atoms with van der Waals surface area (Å²) in [6, 6.07) is 2.03. The summed E-state index contributed by atoms with van der Waals surface area (Å²) in [5.41, 5.74) is 0.00350. The van der Waals surface area contributed by atoms with E-state index in [4.69, 9.17) is 0 Å². The second-order valence-corrected chi connectivity index (χ2v) is 8.07. The molecular weight excluding hydrogens is 262 g/mol. The maximum atomic E-state index is 9.98. The molecule has 0 amide bonds. The fourth-order valence-corrected chi connectivity index (χ4v) is 4.58. The fraction of sp³-hybridized carbons (Fsp3) is 1.00. The van der Waals surface area contributed by atoms with Crippen LogP contribution in [-0.4, -0.2) is 72.4 Å². The first-order valence-corrected chi connectivity index (χ1v) is 8.82. The molecule has 0 radical (unpaired) electrons. The van der Waals surface area contributed by atoms with Crippen LogP contribution in [-0.2, 0) is 0 Å². The van der Waals surface area contributed by atoms with E-state index in [1.54, 1.807) is 0 Å². The predicted octanol–water partition coefficient (Wildman–Crippen LogP) is 1.29. The van der Waals surface area contributed by atoms with Crippen LogP contribution in [0.5, 0.6) is 0 Å². The van der Waals surface area contributed by atoms with Crippen LogP contribution in [0, 0.1) is 5.92 Å². The molecule has 122 valence electrons. The summed E-state index contributed by atoms with van der Waals surface area (Å²) in [5.74, 6) is 0.752. The van der Waals surface area contributed by atoms with E-state index in [1.807, 2.05) is 0 Å². The zero-order valence-electron chi connectivity index (χ0n) is 14.0. The average molecular weight is 295 g/mol. The third-order valence-corrected chi connectivity index (χ3v) is 5.99. The Morgan fingerprint density at radius 2 is 2.00 bits per heavy atom. The van der Waals surface area contributed by atoms with Gasteiger partial charge in [-0.15, -0.1) is 0 Å². The molecule has 1 heterocycles. The van der Waals surface area contributed by atoms with Crippen LogP contribution in [0.25, 0.3) is 0 Å². The molecule has 3 fully saturated rings. The fourth-order valence-electron chi connectivity index (χ4n) is 4.58. The molecule has 2 aliphatic carbocycles. The van der Waals surface area contributed by atoms with Gasteiger partial charge in [0.2, 0.25) is 0 Å². The van der Waals surface area contributed by atoms with Crippen molar-refractivity contribution in [3.05, 3.63) is 0 Å². The third kappa shape index (κ3) is 3.44. The summed E-state index contributed by atoms with van der Waals surface area (Å²) in [6.45, 7) is 5.11. The minimum Gasteiger partial charge on any atom is -0.394 e. The zero-order chi connectivity index (χ0) is 15.0. The number of likely N-dealkylation sites (N-methyl/N-ethyl adjacent to an activating group) is 1. The van der Waals surface area contributed by atoms with E-state index in [0.717, 1.165) is 18.8 Å². The number of nitrogens with one attached hydrogen (secondary N) is 1. The molecule has 0 aromatic heterocycles. The highest BCUT2D eigenvalue weighted by atomic mass is 16.3. The molecule has 4 atom stereocenters. The number of aliphatic hydroxyl groups is 1. The van der Waals surface area contributed by atoms with Crippen molar-refractivity contribution in [2.24, 2.45) is 5.92 Å². The highest BCUT2D eigenvalue weighted by Crippen LogP contribution is 2.36. The highest BCUT2D eigenvalue weighted by molar-refractivity contribution is 5.02. The van der Waals surface area contributed by atoms with Crippen LogP contribution in [0.3, 0.4) is 0 Å². The molecule has 3 aliphatic rings. The van der Waals surface area contributed by atoms with E-state index in [9.17, 15) is 5.11 Å². The van der Waals surface area contributed by atoms with E-state index in [0.29, 0.717) is 24.7 Å². The second-order valence-electron chi connectivity index (χ2n) is 8.07. The first-order chi connectivity index (χ1) is 10.0. The van der Waals surface area contributed by atoms with E-state index in [1.165, 1.54) is 38.8 Å². The molecule has 1 saturated heterocycles. The van der Waals surface area contributed by atoms with Crippen LogP contribution in [0.4, 0.5) is 0 Å². The summed E-state index contributed by atoms with van der Waals surface area (Å²) in [5, 5.41) is 13.7. The first kappa shape index (κ1) is 15.7. The van der Waals surface area contributed by atoms with Crippen molar-refractivity contribution in [2.75, 3.05) is 33.8 Å². The van der Waals surface area contributed by atoms with Gasteiger partial charge in [-0.2, -0.15) is 0 Å². The minimum atomic E-state index is 0.00350. The van der Waals surface area contributed by atoms with Gasteiger partial charge in [-0.25, -0.2) is 0 Å². The molecule has 0 aromatic carbocycles. The minimum absolute atomic E-state index is 0.00350. The smallest absolute Gasteiger partial charge is 0.0613 e. The molecule has 3 rings (SSSR count). The molecule has 1 aliphatic heterocycles. The van der Waals surface area contributed by atoms with Crippen LogP contribution in [0.2, 0.25) is 0 Å². The van der Waals surface area contributed by atoms with Crippen molar-refractivity contribution < 1.29 is 5.11 Å². The molecule has 2 saturated carbocycles. The summed E-state index contributed by atoms with van der Waals surface area (Å²) in [6.07, 6.45) is 7.44. The number of hydrogen-bond donors (Lipinski definition) is 2. The van der Waals surface area contributed by atoms with E-state index in [-0.39, 0.29) is 5.54 Å². The Balaban J connectivity index is 1.63. The normalized spacial score (nSPS) is 41.9. The predicted molar refractivity (Wildman–Crippen MR) is 86.4 cm³/mol. The molecule has 4 heteroatoms. The Morgan fingerprint density at radius 1 is 1.24 bits per heavy atom. The number of nitrogens with zero attached hydrogens (tertiary/aromatic N) is 2. The van der Waals surface area contributed by atoms with Gasteiger partial charge in [-0.3, -0.25) is 4.90 Å². The molecule has 2 N–H and O–H groups in total. The zero-order valence-corrected chi connectivity index (χ0v) is 14.0. The average Bonchev–Trinajstić information content (AvgIpc) is 3.17. The van der Waals surface area contributed by atoms with E-state index >= 15 is 0 Å². The molecule has 0 spiro atoms. The maximum Gasteiger partial charge on any atom is 0.0613 e. The third-order valence-electron chi connectivity index (χ3n) is 5.99. The lowest BCUT2D eigenvalue weighted by Gasteiger charge is -2.44. The molecule has 0 aromatic rings. The Kier molecular flexibility index (Phi) is 4.60. The Hall–Kier alpha value is -0.160. The van der Waals surface area contributed by atoms with Crippen LogP contribution in [0.15, 0.2) is 0 Å². The lowest BCUT2D eigenvalue weighted by molar-refractivity contribution is 0.0646. The van der Waals surface area contributed by atoms with Gasteiger partial charge in [0.1, 0.15) is 0 Å². The van der Waals surface area contributed by atoms with Gasteiger partial charge in [0.05, 0.1) is 6.61 Å². The molecule has 4 nitrogen and oxygen atoms in total. The highest BCUT2D eigenvalue weighted by Gasteiger charge is 2.43. The van der Waals surface area contributed by atoms with E-state index < -0.39 is 0 Å². The quantitative estimate of drug-likeness (QED) is 0.802. The van der Waals surface area contributed by atoms with Gasteiger partial charge in [-0.05, 0) is 58.5 Å². The Bertz CT molecular complexity index is 358. The number of likely N-dealkylation sites (tertiary alicyclic amines) is 1. The first-order valence-electron chi connectivity index (χ1n) is 8.82. The van der Waals surface area contributed by atoms with Crippen molar-refractivity contribution in [1.29, 1.82) is 0 Å². The van der Waals surface area contributed by atoms with Crippen molar-refractivity contribution in [3.63, 3.8) is 0 Å². The number of rotatable bonds is 5. The van der Waals surface area contributed by atoms with Crippen LogP contribution < -0.4 is 5.32 Å².